The Morgan fingerprint density at radius 2 is 2.50 bits per heavy atom. The van der Waals surface area contributed by atoms with Gasteiger partial charge >= 0.3 is 5.97 Å². The number of alkyl halides is 1. The van der Waals surface area contributed by atoms with E-state index in [0.29, 0.717) is 11.1 Å². The molecular weight excluding hydrogens is 187 g/mol. The van der Waals surface area contributed by atoms with Crippen LogP contribution in [0.2, 0.25) is 0 Å². The molecule has 14 heavy (non-hydrogen) atoms. The van der Waals surface area contributed by atoms with Crippen LogP contribution in [0.4, 0.5) is 4.39 Å². The number of aromatic nitrogens is 2. The molecule has 0 spiro atoms. The molecule has 2 aromatic rings. The number of H-pyrrole nitrogens is 1. The van der Waals surface area contributed by atoms with E-state index in [-0.39, 0.29) is 0 Å². The molecule has 0 unspecified atom stereocenters. The fourth-order valence-corrected chi connectivity index (χ4v) is 1.18. The quantitative estimate of drug-likeness (QED) is 0.736. The fourth-order valence-electron chi connectivity index (χ4n) is 1.18. The summed E-state index contributed by atoms with van der Waals surface area (Å²) < 4.78 is 16.6. The van der Waals surface area contributed by atoms with E-state index >= 15 is 0 Å². The zero-order valence-electron chi connectivity index (χ0n) is 7.16. The van der Waals surface area contributed by atoms with Gasteiger partial charge < -0.3 is 9.72 Å². The highest BCUT2D eigenvalue weighted by atomic mass is 19.1. The zero-order valence-corrected chi connectivity index (χ0v) is 7.16. The van der Waals surface area contributed by atoms with E-state index in [1.54, 1.807) is 18.5 Å². The Balaban J connectivity index is 2.38. The molecule has 0 fully saturated rings. The minimum Gasteiger partial charge on any atom is -0.422 e. The van der Waals surface area contributed by atoms with Crippen LogP contribution >= 0.6 is 0 Å². The van der Waals surface area contributed by atoms with Crippen molar-refractivity contribution >= 4 is 16.9 Å². The molecule has 0 saturated heterocycles. The molecule has 0 aliphatic carbocycles. The summed E-state index contributed by atoms with van der Waals surface area (Å²) in [6, 6.07) is 1.69. The Morgan fingerprint density at radius 3 is 3.29 bits per heavy atom. The van der Waals surface area contributed by atoms with Gasteiger partial charge in [0.15, 0.2) is 12.4 Å². The first-order valence-corrected chi connectivity index (χ1v) is 3.99. The van der Waals surface area contributed by atoms with Crippen molar-refractivity contribution in [3.8, 4) is 5.75 Å². The average molecular weight is 194 g/mol. The third kappa shape index (κ3) is 1.44. The molecule has 0 aromatic carbocycles. The molecule has 1 N–H and O–H groups in total. The average Bonchev–Trinajstić information content (AvgIpc) is 2.62. The normalized spacial score (nSPS) is 10.4. The maximum atomic E-state index is 11.9. The number of carbonyl (C=O) groups excluding carboxylic acids is 1. The summed E-state index contributed by atoms with van der Waals surface area (Å²) in [6.07, 6.45) is 4.67. The number of halogens is 1. The van der Waals surface area contributed by atoms with Crippen molar-refractivity contribution < 1.29 is 13.9 Å². The van der Waals surface area contributed by atoms with Crippen LogP contribution in [-0.4, -0.2) is 22.6 Å². The fraction of sp³-hybridized carbons (Fsp3) is 0.111. The van der Waals surface area contributed by atoms with Crippen LogP contribution in [0.3, 0.4) is 0 Å². The number of hydrogen-bond donors (Lipinski definition) is 1. The lowest BCUT2D eigenvalue weighted by Gasteiger charge is -1.97. The van der Waals surface area contributed by atoms with Crippen LogP contribution in [0.15, 0.2) is 24.7 Å². The smallest absolute Gasteiger partial charge is 0.343 e. The van der Waals surface area contributed by atoms with Crippen LogP contribution in [0, 0.1) is 0 Å². The highest BCUT2D eigenvalue weighted by molar-refractivity contribution is 5.88. The molecule has 2 heterocycles. The summed E-state index contributed by atoms with van der Waals surface area (Å²) in [5, 5.41) is 0.710. The molecule has 5 heteroatoms. The second-order valence-corrected chi connectivity index (χ2v) is 2.68. The van der Waals surface area contributed by atoms with Crippen molar-refractivity contribution in [1.29, 1.82) is 0 Å². The maximum Gasteiger partial charge on any atom is 0.343 e. The van der Waals surface area contributed by atoms with E-state index in [4.69, 9.17) is 4.74 Å². The predicted molar refractivity (Wildman–Crippen MR) is 47.7 cm³/mol. The van der Waals surface area contributed by atoms with Crippen LogP contribution in [0.25, 0.3) is 10.9 Å². The van der Waals surface area contributed by atoms with Crippen LogP contribution < -0.4 is 4.74 Å². The summed E-state index contributed by atoms with van der Waals surface area (Å²) in [4.78, 5) is 17.4. The Labute approximate surface area is 78.7 Å². The maximum absolute atomic E-state index is 11.9. The number of aromatic amines is 1. The summed E-state index contributed by atoms with van der Waals surface area (Å²) in [6.45, 7) is -1.13. The largest absolute Gasteiger partial charge is 0.422 e. The lowest BCUT2D eigenvalue weighted by Crippen LogP contribution is -2.08. The summed E-state index contributed by atoms with van der Waals surface area (Å²) in [5.41, 5.74) is 0.745. The summed E-state index contributed by atoms with van der Waals surface area (Å²) in [7, 11) is 0. The van der Waals surface area contributed by atoms with Crippen molar-refractivity contribution in [1.82, 2.24) is 9.97 Å². The first-order chi connectivity index (χ1) is 6.81. The first-order valence-electron chi connectivity index (χ1n) is 3.99. The van der Waals surface area contributed by atoms with Gasteiger partial charge in [-0.3, -0.25) is 4.98 Å². The van der Waals surface area contributed by atoms with Gasteiger partial charge in [0.05, 0.1) is 11.7 Å². The number of hydrogen-bond acceptors (Lipinski definition) is 3. The number of fused-ring (bicyclic) bond motifs is 1. The number of nitrogens with zero attached hydrogens (tertiary/aromatic N) is 1. The van der Waals surface area contributed by atoms with Gasteiger partial charge in [0, 0.05) is 17.8 Å². The van der Waals surface area contributed by atoms with Crippen molar-refractivity contribution in [2.24, 2.45) is 0 Å². The second kappa shape index (κ2) is 3.45. The number of carbonyl (C=O) groups is 1. The third-order valence-corrected chi connectivity index (χ3v) is 1.78. The van der Waals surface area contributed by atoms with E-state index in [9.17, 15) is 9.18 Å². The van der Waals surface area contributed by atoms with Crippen molar-refractivity contribution in [3.05, 3.63) is 24.7 Å². The van der Waals surface area contributed by atoms with Gasteiger partial charge in [0.1, 0.15) is 0 Å². The first kappa shape index (κ1) is 8.68. The van der Waals surface area contributed by atoms with Gasteiger partial charge in [-0.1, -0.05) is 0 Å². The Hall–Kier alpha value is -1.91. The van der Waals surface area contributed by atoms with Gasteiger partial charge in [-0.25, -0.2) is 9.18 Å². The number of nitrogens with one attached hydrogen (secondary N) is 1. The van der Waals surface area contributed by atoms with E-state index in [2.05, 4.69) is 9.97 Å². The lowest BCUT2D eigenvalue weighted by atomic mass is 10.3. The molecule has 2 rings (SSSR count). The molecule has 0 aliphatic heterocycles. The molecule has 0 aliphatic rings. The molecule has 0 bridgehead atoms. The van der Waals surface area contributed by atoms with Crippen molar-refractivity contribution in [2.45, 2.75) is 0 Å². The van der Waals surface area contributed by atoms with E-state index in [1.807, 2.05) is 0 Å². The van der Waals surface area contributed by atoms with Crippen LogP contribution in [0.5, 0.6) is 5.75 Å². The highest BCUT2D eigenvalue weighted by Gasteiger charge is 2.08. The third-order valence-electron chi connectivity index (χ3n) is 1.78. The summed E-state index contributed by atoms with van der Waals surface area (Å²) >= 11 is 0. The Bertz CT molecular complexity index is 467. The van der Waals surface area contributed by atoms with Gasteiger partial charge in [0.2, 0.25) is 0 Å². The molecule has 0 amide bonds. The lowest BCUT2D eigenvalue weighted by molar-refractivity contribution is -0.135. The molecule has 0 atom stereocenters. The second-order valence-electron chi connectivity index (χ2n) is 2.68. The summed E-state index contributed by atoms with van der Waals surface area (Å²) in [5.74, 6) is -0.576. The monoisotopic (exact) mass is 194 g/mol. The highest BCUT2D eigenvalue weighted by Crippen LogP contribution is 2.23. The number of rotatable bonds is 2. The van der Waals surface area contributed by atoms with Crippen molar-refractivity contribution in [3.63, 3.8) is 0 Å². The topological polar surface area (TPSA) is 55.0 Å². The predicted octanol–water partition coefficient (Wildman–Crippen LogP) is 1.44. The molecule has 72 valence electrons. The molecule has 4 nitrogen and oxygen atoms in total. The van der Waals surface area contributed by atoms with E-state index in [0.717, 1.165) is 5.52 Å². The zero-order chi connectivity index (χ0) is 9.97. The molecule has 0 saturated carbocycles. The molecule has 2 aromatic heterocycles. The Kier molecular flexibility index (Phi) is 2.14. The number of esters is 1. The van der Waals surface area contributed by atoms with E-state index < -0.39 is 12.6 Å². The minimum atomic E-state index is -1.13. The Morgan fingerprint density at radius 1 is 1.64 bits per heavy atom. The standard InChI is InChI=1S/C9H7FN2O2/c10-3-9(13)14-8-5-12-7-4-11-2-1-6(7)8/h1-2,4-5,12H,3H2. The molecule has 0 radical (unpaired) electrons. The van der Waals surface area contributed by atoms with Gasteiger partial charge in [-0.05, 0) is 6.07 Å². The SMILES string of the molecule is O=C(CF)Oc1c[nH]c2cnccc12. The van der Waals surface area contributed by atoms with E-state index in [1.165, 1.54) is 6.20 Å². The van der Waals surface area contributed by atoms with Crippen molar-refractivity contribution in [2.75, 3.05) is 6.67 Å². The van der Waals surface area contributed by atoms with Crippen LogP contribution in [0.1, 0.15) is 0 Å². The van der Waals surface area contributed by atoms with Gasteiger partial charge in [-0.2, -0.15) is 0 Å². The van der Waals surface area contributed by atoms with Gasteiger partial charge in [-0.15, -0.1) is 0 Å². The van der Waals surface area contributed by atoms with Crippen LogP contribution in [-0.2, 0) is 4.79 Å². The van der Waals surface area contributed by atoms with Gasteiger partial charge in [0.25, 0.3) is 0 Å². The molecular formula is C9H7FN2O2. The number of ether oxygens (including phenoxy) is 1. The number of pyridine rings is 1. The minimum absolute atomic E-state index is 0.324.